The van der Waals surface area contributed by atoms with Gasteiger partial charge in [-0.2, -0.15) is 0 Å². The lowest BCUT2D eigenvalue weighted by atomic mass is 10.0. The highest BCUT2D eigenvalue weighted by atomic mass is 16.5. The second-order valence-corrected chi connectivity index (χ2v) is 8.77. The van der Waals surface area contributed by atoms with Gasteiger partial charge in [0.15, 0.2) is 0 Å². The lowest BCUT2D eigenvalue weighted by Gasteiger charge is -2.40. The van der Waals surface area contributed by atoms with Crippen molar-refractivity contribution in [3.8, 4) is 11.4 Å². The van der Waals surface area contributed by atoms with Crippen LogP contribution in [-0.4, -0.2) is 47.1 Å². The molecule has 2 aliphatic heterocycles. The molecule has 170 valence electrons. The van der Waals surface area contributed by atoms with Crippen molar-refractivity contribution in [2.75, 3.05) is 31.8 Å². The zero-order valence-corrected chi connectivity index (χ0v) is 19.7. The highest BCUT2D eigenvalue weighted by Gasteiger charge is 2.28. The molecule has 3 aromatic rings. The molecule has 6 heteroatoms. The van der Waals surface area contributed by atoms with Gasteiger partial charge < -0.3 is 9.30 Å². The zero-order valence-electron chi connectivity index (χ0n) is 19.7. The Balaban J connectivity index is 1.47. The van der Waals surface area contributed by atoms with E-state index in [0.717, 1.165) is 67.4 Å². The zero-order chi connectivity index (χ0) is 22.8. The van der Waals surface area contributed by atoms with E-state index in [1.165, 1.54) is 16.8 Å². The largest absolute Gasteiger partial charge is 0.495 e. The number of imidazole rings is 1. The van der Waals surface area contributed by atoms with Crippen LogP contribution in [0.1, 0.15) is 36.1 Å². The van der Waals surface area contributed by atoms with Crippen molar-refractivity contribution in [1.82, 2.24) is 14.6 Å². The molecule has 0 atom stereocenters. The van der Waals surface area contributed by atoms with Crippen molar-refractivity contribution in [3.05, 3.63) is 77.4 Å². The first-order valence-corrected chi connectivity index (χ1v) is 11.7. The summed E-state index contributed by atoms with van der Waals surface area (Å²) in [5, 5.41) is 4.79. The van der Waals surface area contributed by atoms with E-state index in [2.05, 4.69) is 70.5 Å². The molecule has 6 nitrogen and oxygen atoms in total. The number of amidine groups is 1. The average Bonchev–Trinajstić information content (AvgIpc) is 3.14. The van der Waals surface area contributed by atoms with Gasteiger partial charge in [0.25, 0.3) is 0 Å². The third-order valence-electron chi connectivity index (χ3n) is 6.30. The molecule has 0 radical (unpaired) electrons. The Morgan fingerprint density at radius 3 is 2.55 bits per heavy atom. The van der Waals surface area contributed by atoms with Gasteiger partial charge in [-0.1, -0.05) is 23.8 Å². The Bertz CT molecular complexity index is 1190. The molecule has 1 aromatic heterocycles. The van der Waals surface area contributed by atoms with Gasteiger partial charge in [-0.25, -0.2) is 4.98 Å². The SMILES string of the molecule is COc1cc(C=C2CCCN3C2=NCCCN3c2ccc(C)cc2)ccc1-n1cnc(C)c1. The second kappa shape index (κ2) is 9.14. The molecule has 2 aliphatic rings. The van der Waals surface area contributed by atoms with E-state index in [0.29, 0.717) is 0 Å². The van der Waals surface area contributed by atoms with Gasteiger partial charge in [0.05, 0.1) is 30.5 Å². The first-order valence-electron chi connectivity index (χ1n) is 11.7. The molecule has 0 aliphatic carbocycles. The predicted molar refractivity (Wildman–Crippen MR) is 134 cm³/mol. The van der Waals surface area contributed by atoms with Crippen LogP contribution in [0.5, 0.6) is 5.75 Å². The number of benzene rings is 2. The Morgan fingerprint density at radius 1 is 0.970 bits per heavy atom. The Hall–Kier alpha value is -3.54. The number of aryl methyl sites for hydroxylation is 2. The predicted octanol–water partition coefficient (Wildman–Crippen LogP) is 5.20. The minimum absolute atomic E-state index is 0.832. The number of rotatable bonds is 4. The van der Waals surface area contributed by atoms with E-state index in [1.54, 1.807) is 7.11 Å². The Morgan fingerprint density at radius 2 is 1.79 bits per heavy atom. The van der Waals surface area contributed by atoms with Crippen molar-refractivity contribution in [2.24, 2.45) is 4.99 Å². The number of aromatic nitrogens is 2. The van der Waals surface area contributed by atoms with Crippen LogP contribution in [0.2, 0.25) is 0 Å². The highest BCUT2D eigenvalue weighted by molar-refractivity contribution is 6.03. The van der Waals surface area contributed by atoms with E-state index < -0.39 is 0 Å². The first-order chi connectivity index (χ1) is 16.1. The molecule has 5 rings (SSSR count). The summed E-state index contributed by atoms with van der Waals surface area (Å²) < 4.78 is 7.73. The van der Waals surface area contributed by atoms with Crippen LogP contribution in [0.3, 0.4) is 0 Å². The highest BCUT2D eigenvalue weighted by Crippen LogP contribution is 2.30. The number of piperidine rings is 1. The van der Waals surface area contributed by atoms with Gasteiger partial charge in [0.2, 0.25) is 0 Å². The number of methoxy groups -OCH3 is 1. The lowest BCUT2D eigenvalue weighted by molar-refractivity contribution is 0.366. The molecule has 2 aromatic carbocycles. The number of hydrogen-bond acceptors (Lipinski definition) is 5. The van der Waals surface area contributed by atoms with Crippen molar-refractivity contribution in [1.29, 1.82) is 0 Å². The fourth-order valence-electron chi connectivity index (χ4n) is 4.62. The summed E-state index contributed by atoms with van der Waals surface area (Å²) in [5.41, 5.74) is 6.90. The molecular weight excluding hydrogens is 410 g/mol. The van der Waals surface area contributed by atoms with Crippen LogP contribution in [-0.2, 0) is 0 Å². The van der Waals surface area contributed by atoms with E-state index in [9.17, 15) is 0 Å². The Kier molecular flexibility index (Phi) is 5.90. The molecule has 0 amide bonds. The third-order valence-corrected chi connectivity index (χ3v) is 6.30. The number of fused-ring (bicyclic) bond motifs is 1. The van der Waals surface area contributed by atoms with Gasteiger partial charge in [-0.3, -0.25) is 15.0 Å². The van der Waals surface area contributed by atoms with Crippen LogP contribution in [0.4, 0.5) is 5.69 Å². The van der Waals surface area contributed by atoms with Gasteiger partial charge >= 0.3 is 0 Å². The second-order valence-electron chi connectivity index (χ2n) is 8.77. The molecule has 33 heavy (non-hydrogen) atoms. The van der Waals surface area contributed by atoms with Crippen molar-refractivity contribution >= 4 is 17.6 Å². The molecule has 0 saturated carbocycles. The molecule has 0 spiro atoms. The summed E-state index contributed by atoms with van der Waals surface area (Å²) in [7, 11) is 1.72. The van der Waals surface area contributed by atoms with Gasteiger partial charge in [-0.15, -0.1) is 0 Å². The van der Waals surface area contributed by atoms with Crippen LogP contribution >= 0.6 is 0 Å². The number of anilines is 1. The standard InChI is InChI=1S/C27H31N5O/c1-20-7-10-24(11-8-20)31-15-5-13-28-27-23(6-4-14-32(27)31)16-22-9-12-25(26(17-22)33-3)30-18-21(2)29-19-30/h7-12,16-19H,4-6,13-15H2,1-3H3. The first kappa shape index (κ1) is 21.3. The maximum atomic E-state index is 5.72. The van der Waals surface area contributed by atoms with E-state index in [4.69, 9.17) is 9.73 Å². The normalized spacial score (nSPS) is 17.5. The minimum atomic E-state index is 0.832. The molecule has 0 N–H and O–H groups in total. The summed E-state index contributed by atoms with van der Waals surface area (Å²) in [6, 6.07) is 15.2. The van der Waals surface area contributed by atoms with E-state index in [1.807, 2.05) is 24.0 Å². The number of nitrogens with zero attached hydrogens (tertiary/aromatic N) is 5. The van der Waals surface area contributed by atoms with Crippen molar-refractivity contribution < 1.29 is 4.74 Å². The molecule has 1 saturated heterocycles. The molecular formula is C27H31N5O. The van der Waals surface area contributed by atoms with Crippen LogP contribution in [0.15, 0.2) is 65.6 Å². The summed E-state index contributed by atoms with van der Waals surface area (Å²) in [4.78, 5) is 9.36. The van der Waals surface area contributed by atoms with E-state index in [-0.39, 0.29) is 0 Å². The topological polar surface area (TPSA) is 45.9 Å². The fourth-order valence-corrected chi connectivity index (χ4v) is 4.62. The van der Waals surface area contributed by atoms with Gasteiger partial charge in [0, 0.05) is 25.8 Å². The molecule has 1 fully saturated rings. The number of ether oxygens (including phenoxy) is 1. The minimum Gasteiger partial charge on any atom is -0.495 e. The summed E-state index contributed by atoms with van der Waals surface area (Å²) >= 11 is 0. The van der Waals surface area contributed by atoms with Gasteiger partial charge in [-0.05, 0) is 74.6 Å². The van der Waals surface area contributed by atoms with Crippen LogP contribution in [0, 0.1) is 13.8 Å². The van der Waals surface area contributed by atoms with E-state index >= 15 is 0 Å². The lowest BCUT2D eigenvalue weighted by Crippen LogP contribution is -2.49. The smallest absolute Gasteiger partial charge is 0.145 e. The summed E-state index contributed by atoms with van der Waals surface area (Å²) in [6.45, 7) is 6.95. The average molecular weight is 442 g/mol. The number of hydrogen-bond donors (Lipinski definition) is 0. The van der Waals surface area contributed by atoms with Gasteiger partial charge in [0.1, 0.15) is 11.6 Å². The van der Waals surface area contributed by atoms with Crippen molar-refractivity contribution in [3.63, 3.8) is 0 Å². The molecule has 3 heterocycles. The number of aliphatic imine (C=N–C) groups is 1. The monoisotopic (exact) mass is 441 g/mol. The maximum Gasteiger partial charge on any atom is 0.145 e. The van der Waals surface area contributed by atoms with Crippen LogP contribution < -0.4 is 9.75 Å². The molecule has 0 bridgehead atoms. The fraction of sp³-hybridized carbons (Fsp3) is 0.333. The quantitative estimate of drug-likeness (QED) is 0.558. The van der Waals surface area contributed by atoms with Crippen molar-refractivity contribution in [2.45, 2.75) is 33.1 Å². The van der Waals surface area contributed by atoms with Crippen LogP contribution in [0.25, 0.3) is 11.8 Å². The Labute approximate surface area is 195 Å². The number of hydrazine groups is 1. The summed E-state index contributed by atoms with van der Waals surface area (Å²) in [6.07, 6.45) is 9.29. The third kappa shape index (κ3) is 4.38. The molecule has 0 unspecified atom stereocenters. The summed E-state index contributed by atoms with van der Waals surface area (Å²) in [5.74, 6) is 1.94. The maximum absolute atomic E-state index is 5.72.